The van der Waals surface area contributed by atoms with Gasteiger partial charge in [0, 0.05) is 11.8 Å². The van der Waals surface area contributed by atoms with Crippen LogP contribution in [0.25, 0.3) is 0 Å². The van der Waals surface area contributed by atoms with Crippen LogP contribution in [0.3, 0.4) is 0 Å². The lowest BCUT2D eigenvalue weighted by molar-refractivity contribution is -0.168. The molecule has 18 heavy (non-hydrogen) atoms. The van der Waals surface area contributed by atoms with Crippen LogP contribution in [0.4, 0.5) is 0 Å². The molecule has 4 rings (SSSR count). The Hall–Kier alpha value is -0.570. The smallest absolute Gasteiger partial charge is 0.309 e. The monoisotopic (exact) mass is 250 g/mol. The first-order valence-corrected chi connectivity index (χ1v) is 7.40. The minimum absolute atomic E-state index is 0.00382. The van der Waals surface area contributed by atoms with Crippen molar-refractivity contribution in [3.63, 3.8) is 0 Å². The van der Waals surface area contributed by atoms with Gasteiger partial charge in [0.25, 0.3) is 0 Å². The Balaban J connectivity index is 1.81. The molecule has 4 fully saturated rings. The Morgan fingerprint density at radius 2 is 1.94 bits per heavy atom. The Labute approximate surface area is 108 Å². The summed E-state index contributed by atoms with van der Waals surface area (Å²) < 4.78 is 12.0. The number of hydrogen-bond acceptors (Lipinski definition) is 3. The zero-order valence-corrected chi connectivity index (χ0v) is 11.4. The van der Waals surface area contributed by atoms with Gasteiger partial charge < -0.3 is 9.47 Å². The van der Waals surface area contributed by atoms with Crippen molar-refractivity contribution >= 4 is 5.97 Å². The zero-order chi connectivity index (χ0) is 12.7. The molecular formula is C15H22O3. The molecule has 2 heterocycles. The van der Waals surface area contributed by atoms with Crippen LogP contribution in [0.2, 0.25) is 0 Å². The molecule has 3 nitrogen and oxygen atoms in total. The number of carbonyl (C=O) groups is 1. The zero-order valence-electron chi connectivity index (χ0n) is 11.4. The van der Waals surface area contributed by atoms with Crippen molar-refractivity contribution in [1.82, 2.24) is 0 Å². The van der Waals surface area contributed by atoms with Gasteiger partial charge >= 0.3 is 5.97 Å². The lowest BCUT2D eigenvalue weighted by Gasteiger charge is -2.49. The number of rotatable bonds is 0. The minimum Gasteiger partial charge on any atom is -0.455 e. The second-order valence-corrected chi connectivity index (χ2v) is 7.18. The van der Waals surface area contributed by atoms with E-state index in [2.05, 4.69) is 13.8 Å². The van der Waals surface area contributed by atoms with Crippen LogP contribution in [0.15, 0.2) is 0 Å². The highest BCUT2D eigenvalue weighted by molar-refractivity contribution is 5.76. The van der Waals surface area contributed by atoms with Crippen LogP contribution in [0, 0.1) is 23.7 Å². The van der Waals surface area contributed by atoms with Gasteiger partial charge in [-0.2, -0.15) is 0 Å². The van der Waals surface area contributed by atoms with Crippen LogP contribution in [0.5, 0.6) is 0 Å². The fraction of sp³-hybridized carbons (Fsp3) is 0.933. The summed E-state index contributed by atoms with van der Waals surface area (Å²) in [7, 11) is 0. The molecule has 0 amide bonds. The number of carbonyl (C=O) groups excluding carboxylic acids is 1. The average Bonchev–Trinajstić information content (AvgIpc) is 2.95. The highest BCUT2D eigenvalue weighted by atomic mass is 16.7. The quantitative estimate of drug-likeness (QED) is 0.490. The molecular weight excluding hydrogens is 228 g/mol. The van der Waals surface area contributed by atoms with Crippen LogP contribution < -0.4 is 0 Å². The molecule has 0 bridgehead atoms. The average molecular weight is 250 g/mol. The fourth-order valence-electron chi connectivity index (χ4n) is 5.20. The van der Waals surface area contributed by atoms with Crippen molar-refractivity contribution in [3.8, 4) is 0 Å². The van der Waals surface area contributed by atoms with E-state index in [-0.39, 0.29) is 29.2 Å². The first-order chi connectivity index (χ1) is 8.49. The number of fused-ring (bicyclic) bond motifs is 1. The van der Waals surface area contributed by atoms with Crippen molar-refractivity contribution in [2.45, 2.75) is 63.8 Å². The standard InChI is InChI=1S/C15H22O3/c1-8-4-5-11-9(2)12(16)17-15(11)10(8)6-7-14(3)13(15)18-14/h8-11,13H,4-7H2,1-3H3/t8-,9+,10+,11+,13+,14+,15+/m0/s1. The molecule has 100 valence electrons. The molecule has 1 spiro atoms. The van der Waals surface area contributed by atoms with Crippen LogP contribution in [-0.2, 0) is 14.3 Å². The van der Waals surface area contributed by atoms with E-state index in [1.54, 1.807) is 0 Å². The molecule has 2 aliphatic carbocycles. The highest BCUT2D eigenvalue weighted by Crippen LogP contribution is 2.66. The summed E-state index contributed by atoms with van der Waals surface area (Å²) >= 11 is 0. The number of hydrogen-bond donors (Lipinski definition) is 0. The third kappa shape index (κ3) is 1.08. The second kappa shape index (κ2) is 3.12. The summed E-state index contributed by atoms with van der Waals surface area (Å²) in [4.78, 5) is 12.1. The Morgan fingerprint density at radius 3 is 2.72 bits per heavy atom. The summed E-state index contributed by atoms with van der Waals surface area (Å²) in [6, 6.07) is 0. The lowest BCUT2D eigenvalue weighted by atomic mass is 9.55. The summed E-state index contributed by atoms with van der Waals surface area (Å²) in [5.74, 6) is 1.64. The largest absolute Gasteiger partial charge is 0.455 e. The summed E-state index contributed by atoms with van der Waals surface area (Å²) in [6.07, 6.45) is 4.82. The normalized spacial score (nSPS) is 61.5. The van der Waals surface area contributed by atoms with Gasteiger partial charge in [-0.1, -0.05) is 13.8 Å². The Kier molecular flexibility index (Phi) is 1.95. The van der Waals surface area contributed by atoms with Crippen LogP contribution >= 0.6 is 0 Å². The first-order valence-electron chi connectivity index (χ1n) is 7.40. The molecule has 2 aliphatic heterocycles. The van der Waals surface area contributed by atoms with Crippen LogP contribution in [-0.4, -0.2) is 23.3 Å². The fourth-order valence-corrected chi connectivity index (χ4v) is 5.20. The van der Waals surface area contributed by atoms with Gasteiger partial charge in [0.05, 0.1) is 11.5 Å². The molecule has 0 unspecified atom stereocenters. The molecule has 0 aromatic rings. The van der Waals surface area contributed by atoms with Crippen molar-refractivity contribution in [1.29, 1.82) is 0 Å². The van der Waals surface area contributed by atoms with Gasteiger partial charge in [-0.25, -0.2) is 0 Å². The molecule has 0 aromatic carbocycles. The minimum atomic E-state index is -0.277. The third-order valence-corrected chi connectivity index (χ3v) is 6.28. The summed E-state index contributed by atoms with van der Waals surface area (Å²) in [5, 5.41) is 0. The number of ether oxygens (including phenoxy) is 2. The molecule has 3 heteroatoms. The van der Waals surface area contributed by atoms with E-state index in [9.17, 15) is 4.79 Å². The molecule has 0 radical (unpaired) electrons. The van der Waals surface area contributed by atoms with Crippen LogP contribution in [0.1, 0.15) is 46.5 Å². The predicted molar refractivity (Wildman–Crippen MR) is 65.9 cm³/mol. The molecule has 0 aromatic heterocycles. The SMILES string of the molecule is C[C@H]1CC[C@@H]2[C@@H](C)C(=O)O[C@]23[C@@H]1CC[C@@]1(C)O[C@@H]31. The molecule has 0 N–H and O–H groups in total. The molecule has 4 aliphatic rings. The van der Waals surface area contributed by atoms with E-state index in [0.29, 0.717) is 17.8 Å². The Morgan fingerprint density at radius 1 is 1.17 bits per heavy atom. The van der Waals surface area contributed by atoms with E-state index < -0.39 is 0 Å². The van der Waals surface area contributed by atoms with E-state index in [0.717, 1.165) is 19.3 Å². The maximum absolute atomic E-state index is 12.1. The van der Waals surface area contributed by atoms with Gasteiger partial charge in [-0.15, -0.1) is 0 Å². The summed E-state index contributed by atoms with van der Waals surface area (Å²) in [6.45, 7) is 6.56. The van der Waals surface area contributed by atoms with Gasteiger partial charge in [0.15, 0.2) is 0 Å². The molecule has 2 saturated heterocycles. The van der Waals surface area contributed by atoms with Gasteiger partial charge in [-0.05, 0) is 38.5 Å². The predicted octanol–water partition coefficient (Wildman–Crippen LogP) is 2.53. The van der Waals surface area contributed by atoms with Gasteiger partial charge in [0.1, 0.15) is 11.7 Å². The molecule has 7 atom stereocenters. The van der Waals surface area contributed by atoms with Gasteiger partial charge in [-0.3, -0.25) is 4.79 Å². The van der Waals surface area contributed by atoms with E-state index >= 15 is 0 Å². The topological polar surface area (TPSA) is 38.8 Å². The van der Waals surface area contributed by atoms with Gasteiger partial charge in [0.2, 0.25) is 0 Å². The highest BCUT2D eigenvalue weighted by Gasteiger charge is 2.76. The van der Waals surface area contributed by atoms with Crippen molar-refractivity contribution < 1.29 is 14.3 Å². The summed E-state index contributed by atoms with van der Waals surface area (Å²) in [5.41, 5.74) is -0.280. The first kappa shape index (κ1) is 11.3. The van der Waals surface area contributed by atoms with Crippen molar-refractivity contribution in [2.75, 3.05) is 0 Å². The number of esters is 1. The second-order valence-electron chi connectivity index (χ2n) is 7.18. The third-order valence-electron chi connectivity index (χ3n) is 6.28. The van der Waals surface area contributed by atoms with E-state index in [4.69, 9.17) is 9.47 Å². The molecule has 2 saturated carbocycles. The lowest BCUT2D eigenvalue weighted by Crippen LogP contribution is -2.58. The Bertz CT molecular complexity index is 420. The van der Waals surface area contributed by atoms with Crippen molar-refractivity contribution in [3.05, 3.63) is 0 Å². The van der Waals surface area contributed by atoms with Crippen molar-refractivity contribution in [2.24, 2.45) is 23.7 Å². The van der Waals surface area contributed by atoms with E-state index in [1.807, 2.05) is 6.92 Å². The maximum Gasteiger partial charge on any atom is 0.309 e. The number of epoxide rings is 1. The maximum atomic E-state index is 12.1. The van der Waals surface area contributed by atoms with E-state index in [1.165, 1.54) is 6.42 Å².